The molecule has 1 heterocycles. The third-order valence-corrected chi connectivity index (χ3v) is 6.27. The van der Waals surface area contributed by atoms with Crippen molar-refractivity contribution in [2.24, 2.45) is 0 Å². The maximum atomic E-state index is 12.6. The van der Waals surface area contributed by atoms with E-state index in [-0.39, 0.29) is 18.1 Å². The number of aliphatic hydroxyl groups is 1. The van der Waals surface area contributed by atoms with Crippen molar-refractivity contribution in [3.8, 4) is 5.75 Å². The molecule has 1 aromatic rings. The molecule has 1 aliphatic heterocycles. The van der Waals surface area contributed by atoms with E-state index in [2.05, 4.69) is 29.3 Å². The Morgan fingerprint density at radius 2 is 1.82 bits per heavy atom. The van der Waals surface area contributed by atoms with Crippen LogP contribution in [0.4, 0.5) is 0 Å². The lowest BCUT2D eigenvalue weighted by molar-refractivity contribution is -0.122. The number of carbonyl (C=O) groups excluding carboxylic acids is 1. The summed E-state index contributed by atoms with van der Waals surface area (Å²) in [6.07, 6.45) is 10.8. The van der Waals surface area contributed by atoms with Crippen molar-refractivity contribution >= 4 is 5.91 Å². The number of aliphatic hydroxyl groups excluding tert-OH is 1. The molecule has 1 aromatic carbocycles. The number of methoxy groups -OCH3 is 1. The van der Waals surface area contributed by atoms with Gasteiger partial charge in [0, 0.05) is 45.8 Å². The molecule has 0 saturated carbocycles. The summed E-state index contributed by atoms with van der Waals surface area (Å²) in [4.78, 5) is 14.9. The van der Waals surface area contributed by atoms with Crippen molar-refractivity contribution in [3.63, 3.8) is 0 Å². The molecule has 0 aliphatic carbocycles. The second kappa shape index (κ2) is 16.9. The van der Waals surface area contributed by atoms with Crippen LogP contribution in [0.1, 0.15) is 76.7 Å². The highest BCUT2D eigenvalue weighted by molar-refractivity contribution is 5.76. The van der Waals surface area contributed by atoms with E-state index in [1.807, 2.05) is 12.1 Å². The molecule has 1 amide bonds. The lowest BCUT2D eigenvalue weighted by Gasteiger charge is -2.25. The Morgan fingerprint density at radius 3 is 2.52 bits per heavy atom. The van der Waals surface area contributed by atoms with E-state index in [0.29, 0.717) is 13.0 Å². The minimum absolute atomic E-state index is 0.0424. The van der Waals surface area contributed by atoms with Crippen molar-refractivity contribution in [2.45, 2.75) is 89.7 Å². The van der Waals surface area contributed by atoms with Gasteiger partial charge in [0.15, 0.2) is 0 Å². The number of unbranched alkanes of at least 4 members (excludes halogenated alkanes) is 6. The number of benzene rings is 1. The Labute approximate surface area is 201 Å². The number of amides is 1. The SMILES string of the molecule is CCCCCOc1ccc(CC(CN2CCC(O)C2)NC(=O)CCCCCCCOC)cc1. The minimum atomic E-state index is -0.247. The number of β-amino-alcohol motifs (C(OH)–C–C–N with tert-alkyl or cyclic N) is 1. The summed E-state index contributed by atoms with van der Waals surface area (Å²) in [6.45, 7) is 6.12. The highest BCUT2D eigenvalue weighted by atomic mass is 16.5. The van der Waals surface area contributed by atoms with Gasteiger partial charge in [0.1, 0.15) is 5.75 Å². The van der Waals surface area contributed by atoms with Gasteiger partial charge >= 0.3 is 0 Å². The number of hydrogen-bond donors (Lipinski definition) is 2. The van der Waals surface area contributed by atoms with Crippen molar-refractivity contribution in [1.29, 1.82) is 0 Å². The van der Waals surface area contributed by atoms with Gasteiger partial charge in [-0.1, -0.05) is 51.2 Å². The van der Waals surface area contributed by atoms with Crippen LogP contribution in [-0.4, -0.2) is 68.0 Å². The molecule has 1 saturated heterocycles. The molecule has 0 radical (unpaired) electrons. The average Bonchev–Trinajstić information content (AvgIpc) is 3.21. The molecule has 1 aliphatic rings. The summed E-state index contributed by atoms with van der Waals surface area (Å²) in [7, 11) is 1.74. The fraction of sp³-hybridized carbons (Fsp3) is 0.741. The van der Waals surface area contributed by atoms with Crippen molar-refractivity contribution in [3.05, 3.63) is 29.8 Å². The summed E-state index contributed by atoms with van der Waals surface area (Å²) < 4.78 is 10.9. The fourth-order valence-electron chi connectivity index (χ4n) is 4.36. The Balaban J connectivity index is 1.80. The smallest absolute Gasteiger partial charge is 0.220 e. The molecule has 0 spiro atoms. The standard InChI is InChI=1S/C27H46N2O4/c1-3-4-9-19-33-26-14-12-23(13-15-26)20-24(21-29-17-16-25(30)22-29)28-27(31)11-8-6-5-7-10-18-32-2/h12-15,24-25,30H,3-11,16-22H2,1-2H3,(H,28,31). The van der Waals surface area contributed by atoms with Gasteiger partial charge in [0.05, 0.1) is 12.7 Å². The van der Waals surface area contributed by atoms with Crippen molar-refractivity contribution < 1.29 is 19.4 Å². The molecular weight excluding hydrogens is 416 g/mol. The van der Waals surface area contributed by atoms with Gasteiger partial charge in [0.2, 0.25) is 5.91 Å². The second-order valence-electron chi connectivity index (χ2n) is 9.38. The van der Waals surface area contributed by atoms with Crippen LogP contribution in [0.5, 0.6) is 5.75 Å². The van der Waals surface area contributed by atoms with E-state index in [1.54, 1.807) is 7.11 Å². The number of ether oxygens (including phenoxy) is 2. The quantitative estimate of drug-likeness (QED) is 0.318. The maximum absolute atomic E-state index is 12.6. The number of nitrogens with one attached hydrogen (secondary N) is 1. The minimum Gasteiger partial charge on any atom is -0.494 e. The predicted octanol–water partition coefficient (Wildman–Crippen LogP) is 4.34. The summed E-state index contributed by atoms with van der Waals surface area (Å²) in [6, 6.07) is 8.31. The molecule has 188 valence electrons. The van der Waals surface area contributed by atoms with Gasteiger partial charge in [-0.2, -0.15) is 0 Å². The van der Waals surface area contributed by atoms with E-state index in [9.17, 15) is 9.90 Å². The molecule has 0 bridgehead atoms. The summed E-state index contributed by atoms with van der Waals surface area (Å²) in [5.41, 5.74) is 1.19. The van der Waals surface area contributed by atoms with Crippen LogP contribution in [-0.2, 0) is 16.0 Å². The Kier molecular flexibility index (Phi) is 14.1. The van der Waals surface area contributed by atoms with Crippen LogP contribution in [0, 0.1) is 0 Å². The van der Waals surface area contributed by atoms with Crippen molar-refractivity contribution in [1.82, 2.24) is 10.2 Å². The first kappa shape index (κ1) is 27.6. The topological polar surface area (TPSA) is 71.0 Å². The normalized spacial score (nSPS) is 17.2. The van der Waals surface area contributed by atoms with Gasteiger partial charge in [-0.15, -0.1) is 0 Å². The van der Waals surface area contributed by atoms with Gasteiger partial charge in [-0.05, 0) is 49.8 Å². The van der Waals surface area contributed by atoms with Crippen LogP contribution in [0.2, 0.25) is 0 Å². The zero-order valence-electron chi connectivity index (χ0n) is 20.9. The Hall–Kier alpha value is -1.63. The fourth-order valence-corrected chi connectivity index (χ4v) is 4.36. The molecule has 2 rings (SSSR count). The van der Waals surface area contributed by atoms with Crippen LogP contribution < -0.4 is 10.1 Å². The van der Waals surface area contributed by atoms with Crippen LogP contribution >= 0.6 is 0 Å². The first-order chi connectivity index (χ1) is 16.1. The summed E-state index contributed by atoms with van der Waals surface area (Å²) >= 11 is 0. The number of carbonyl (C=O) groups is 1. The Bertz CT molecular complexity index is 638. The van der Waals surface area contributed by atoms with Crippen molar-refractivity contribution in [2.75, 3.05) is 40.0 Å². The monoisotopic (exact) mass is 462 g/mol. The molecule has 2 unspecified atom stereocenters. The zero-order chi connectivity index (χ0) is 23.7. The molecule has 2 atom stereocenters. The summed E-state index contributed by atoms with van der Waals surface area (Å²) in [5, 5.41) is 13.2. The predicted molar refractivity (Wildman–Crippen MR) is 134 cm³/mol. The second-order valence-corrected chi connectivity index (χ2v) is 9.38. The van der Waals surface area contributed by atoms with E-state index < -0.39 is 0 Å². The number of rotatable bonds is 18. The average molecular weight is 463 g/mol. The van der Waals surface area contributed by atoms with Crippen LogP contribution in [0.3, 0.4) is 0 Å². The third-order valence-electron chi connectivity index (χ3n) is 6.27. The van der Waals surface area contributed by atoms with Crippen LogP contribution in [0.15, 0.2) is 24.3 Å². The first-order valence-corrected chi connectivity index (χ1v) is 13.0. The largest absolute Gasteiger partial charge is 0.494 e. The van der Waals surface area contributed by atoms with Gasteiger partial charge in [-0.25, -0.2) is 0 Å². The highest BCUT2D eigenvalue weighted by Gasteiger charge is 2.24. The van der Waals surface area contributed by atoms with E-state index in [4.69, 9.17) is 9.47 Å². The molecular formula is C27H46N2O4. The number of nitrogens with zero attached hydrogens (tertiary/aromatic N) is 1. The molecule has 6 heteroatoms. The number of likely N-dealkylation sites (tertiary alicyclic amines) is 1. The van der Waals surface area contributed by atoms with E-state index in [1.165, 1.54) is 18.4 Å². The number of hydrogen-bond acceptors (Lipinski definition) is 5. The highest BCUT2D eigenvalue weighted by Crippen LogP contribution is 2.16. The maximum Gasteiger partial charge on any atom is 0.220 e. The molecule has 1 fully saturated rings. The summed E-state index contributed by atoms with van der Waals surface area (Å²) in [5.74, 6) is 1.04. The first-order valence-electron chi connectivity index (χ1n) is 13.0. The van der Waals surface area contributed by atoms with E-state index in [0.717, 1.165) is 83.4 Å². The van der Waals surface area contributed by atoms with Gasteiger partial charge in [0.25, 0.3) is 0 Å². The van der Waals surface area contributed by atoms with Gasteiger partial charge < -0.3 is 19.9 Å². The van der Waals surface area contributed by atoms with Gasteiger partial charge in [-0.3, -0.25) is 9.69 Å². The van der Waals surface area contributed by atoms with Crippen LogP contribution in [0.25, 0.3) is 0 Å². The lowest BCUT2D eigenvalue weighted by Crippen LogP contribution is -2.44. The molecule has 2 N–H and O–H groups in total. The third kappa shape index (κ3) is 12.4. The molecule has 33 heavy (non-hydrogen) atoms. The lowest BCUT2D eigenvalue weighted by atomic mass is 10.0. The van der Waals surface area contributed by atoms with E-state index >= 15 is 0 Å². The zero-order valence-corrected chi connectivity index (χ0v) is 20.9. The molecule has 6 nitrogen and oxygen atoms in total. The molecule has 0 aromatic heterocycles. The Morgan fingerprint density at radius 1 is 1.09 bits per heavy atom.